The number of carbonyl (C=O) groups excluding carboxylic acids is 1. The van der Waals surface area contributed by atoms with Gasteiger partial charge in [-0.1, -0.05) is 13.0 Å². The number of carboxylic acids is 1. The number of hydrogen-bond acceptors (Lipinski definition) is 3. The summed E-state index contributed by atoms with van der Waals surface area (Å²) in [6.07, 6.45) is 0.990. The van der Waals surface area contributed by atoms with Gasteiger partial charge in [0, 0.05) is 13.1 Å². The standard InChI is InChI=1S/C12H14N2O3/c1-8-5-6-14(7-8)11(15)9-3-2-4-10(13-9)12(16)17/h2-4,8H,5-7H2,1H3,(H,16,17). The first-order valence-electron chi connectivity index (χ1n) is 5.57. The SMILES string of the molecule is CC1CCN(C(=O)c2cccc(C(=O)O)n2)C1. The minimum atomic E-state index is -1.12. The van der Waals surface area contributed by atoms with Crippen LogP contribution in [0.15, 0.2) is 18.2 Å². The van der Waals surface area contributed by atoms with Crippen LogP contribution >= 0.6 is 0 Å². The second-order valence-corrected chi connectivity index (χ2v) is 4.36. The molecule has 90 valence electrons. The molecule has 1 fully saturated rings. The molecule has 1 N–H and O–H groups in total. The lowest BCUT2D eigenvalue weighted by atomic mass is 10.2. The third-order valence-electron chi connectivity index (χ3n) is 2.90. The maximum atomic E-state index is 12.0. The third kappa shape index (κ3) is 2.43. The van der Waals surface area contributed by atoms with Crippen LogP contribution in [0.5, 0.6) is 0 Å². The van der Waals surface area contributed by atoms with Crippen LogP contribution in [-0.4, -0.2) is 40.0 Å². The fourth-order valence-electron chi connectivity index (χ4n) is 1.95. The second-order valence-electron chi connectivity index (χ2n) is 4.36. The van der Waals surface area contributed by atoms with Crippen LogP contribution in [-0.2, 0) is 0 Å². The van der Waals surface area contributed by atoms with E-state index in [4.69, 9.17) is 5.11 Å². The normalized spacial score (nSPS) is 19.4. The molecule has 1 aromatic heterocycles. The van der Waals surface area contributed by atoms with Gasteiger partial charge in [-0.3, -0.25) is 4.79 Å². The Morgan fingerprint density at radius 3 is 2.71 bits per heavy atom. The first-order chi connectivity index (χ1) is 8.08. The van der Waals surface area contributed by atoms with E-state index in [1.54, 1.807) is 17.0 Å². The summed E-state index contributed by atoms with van der Waals surface area (Å²) in [6.45, 7) is 3.53. The van der Waals surface area contributed by atoms with E-state index in [0.29, 0.717) is 5.92 Å². The highest BCUT2D eigenvalue weighted by atomic mass is 16.4. The van der Waals surface area contributed by atoms with E-state index in [2.05, 4.69) is 11.9 Å². The summed E-state index contributed by atoms with van der Waals surface area (Å²) in [5, 5.41) is 8.81. The number of rotatable bonds is 2. The lowest BCUT2D eigenvalue weighted by Gasteiger charge is -2.15. The smallest absolute Gasteiger partial charge is 0.354 e. The Morgan fingerprint density at radius 2 is 2.12 bits per heavy atom. The van der Waals surface area contributed by atoms with Gasteiger partial charge in [0.1, 0.15) is 11.4 Å². The molecule has 1 aliphatic heterocycles. The quantitative estimate of drug-likeness (QED) is 0.836. The van der Waals surface area contributed by atoms with Gasteiger partial charge in [0.15, 0.2) is 0 Å². The van der Waals surface area contributed by atoms with Crippen molar-refractivity contribution in [3.8, 4) is 0 Å². The number of pyridine rings is 1. The van der Waals surface area contributed by atoms with E-state index in [1.807, 2.05) is 0 Å². The molecule has 1 amide bonds. The van der Waals surface area contributed by atoms with Crippen LogP contribution in [0.25, 0.3) is 0 Å². The fraction of sp³-hybridized carbons (Fsp3) is 0.417. The summed E-state index contributed by atoms with van der Waals surface area (Å²) in [5.74, 6) is -0.798. The maximum Gasteiger partial charge on any atom is 0.354 e. The maximum absolute atomic E-state index is 12.0. The lowest BCUT2D eigenvalue weighted by Crippen LogP contribution is -2.29. The Kier molecular flexibility index (Phi) is 3.08. The van der Waals surface area contributed by atoms with Gasteiger partial charge in [0.05, 0.1) is 0 Å². The van der Waals surface area contributed by atoms with E-state index >= 15 is 0 Å². The number of hydrogen-bond donors (Lipinski definition) is 1. The Hall–Kier alpha value is -1.91. The van der Waals surface area contributed by atoms with Crippen molar-refractivity contribution < 1.29 is 14.7 Å². The number of carboxylic acid groups (broad SMARTS) is 1. The first kappa shape index (κ1) is 11.6. The average molecular weight is 234 g/mol. The van der Waals surface area contributed by atoms with Crippen LogP contribution in [0.1, 0.15) is 34.3 Å². The van der Waals surface area contributed by atoms with Gasteiger partial charge in [-0.25, -0.2) is 9.78 Å². The number of aromatic carboxylic acids is 1. The number of likely N-dealkylation sites (tertiary alicyclic amines) is 1. The van der Waals surface area contributed by atoms with Gasteiger partial charge in [-0.2, -0.15) is 0 Å². The molecule has 0 radical (unpaired) electrons. The molecule has 0 saturated carbocycles. The molecule has 0 aliphatic carbocycles. The Bertz CT molecular complexity index is 459. The second kappa shape index (κ2) is 4.53. The van der Waals surface area contributed by atoms with Crippen molar-refractivity contribution in [1.82, 2.24) is 9.88 Å². The summed E-state index contributed by atoms with van der Waals surface area (Å²) in [5.41, 5.74) is 0.113. The van der Waals surface area contributed by atoms with Crippen molar-refractivity contribution in [3.05, 3.63) is 29.6 Å². The average Bonchev–Trinajstić information content (AvgIpc) is 2.75. The van der Waals surface area contributed by atoms with E-state index < -0.39 is 5.97 Å². The molecular formula is C12H14N2O3. The van der Waals surface area contributed by atoms with Gasteiger partial charge >= 0.3 is 5.97 Å². The summed E-state index contributed by atoms with van der Waals surface area (Å²) in [6, 6.07) is 4.48. The Labute approximate surface area is 99.1 Å². The predicted octanol–water partition coefficient (Wildman–Crippen LogP) is 1.26. The predicted molar refractivity (Wildman–Crippen MR) is 60.9 cm³/mol. The van der Waals surface area contributed by atoms with E-state index in [-0.39, 0.29) is 17.3 Å². The largest absolute Gasteiger partial charge is 0.477 e. The zero-order valence-corrected chi connectivity index (χ0v) is 9.59. The highest BCUT2D eigenvalue weighted by Gasteiger charge is 2.25. The van der Waals surface area contributed by atoms with Crippen LogP contribution < -0.4 is 0 Å². The molecule has 1 saturated heterocycles. The van der Waals surface area contributed by atoms with Gasteiger partial charge in [0.2, 0.25) is 0 Å². The summed E-state index contributed by atoms with van der Waals surface area (Å²) in [7, 11) is 0. The number of carbonyl (C=O) groups is 2. The van der Waals surface area contributed by atoms with Crippen molar-refractivity contribution in [3.63, 3.8) is 0 Å². The van der Waals surface area contributed by atoms with Crippen molar-refractivity contribution in [2.75, 3.05) is 13.1 Å². The molecule has 1 unspecified atom stereocenters. The van der Waals surface area contributed by atoms with Crippen LogP contribution in [0.2, 0.25) is 0 Å². The minimum absolute atomic E-state index is 0.0944. The van der Waals surface area contributed by atoms with Gasteiger partial charge in [-0.05, 0) is 24.5 Å². The monoisotopic (exact) mass is 234 g/mol. The number of amides is 1. The number of aromatic nitrogens is 1. The summed E-state index contributed by atoms with van der Waals surface area (Å²) >= 11 is 0. The third-order valence-corrected chi connectivity index (χ3v) is 2.90. The van der Waals surface area contributed by atoms with Crippen molar-refractivity contribution in [2.24, 2.45) is 5.92 Å². The summed E-state index contributed by atoms with van der Waals surface area (Å²) in [4.78, 5) is 28.4. The Balaban J connectivity index is 2.19. The van der Waals surface area contributed by atoms with Gasteiger partial charge in [0.25, 0.3) is 5.91 Å². The van der Waals surface area contributed by atoms with Crippen molar-refractivity contribution >= 4 is 11.9 Å². The zero-order valence-electron chi connectivity index (χ0n) is 9.59. The molecular weight excluding hydrogens is 220 g/mol. The molecule has 1 atom stereocenters. The van der Waals surface area contributed by atoms with Crippen LogP contribution in [0, 0.1) is 5.92 Å². The summed E-state index contributed by atoms with van der Waals surface area (Å²) < 4.78 is 0. The van der Waals surface area contributed by atoms with Gasteiger partial charge in [-0.15, -0.1) is 0 Å². The minimum Gasteiger partial charge on any atom is -0.477 e. The fourth-order valence-corrected chi connectivity index (χ4v) is 1.95. The molecule has 2 heterocycles. The highest BCUT2D eigenvalue weighted by molar-refractivity contribution is 5.94. The van der Waals surface area contributed by atoms with Crippen molar-refractivity contribution in [2.45, 2.75) is 13.3 Å². The van der Waals surface area contributed by atoms with Crippen molar-refractivity contribution in [1.29, 1.82) is 0 Å². The molecule has 5 nitrogen and oxygen atoms in total. The molecule has 0 bridgehead atoms. The number of nitrogens with zero attached hydrogens (tertiary/aromatic N) is 2. The molecule has 17 heavy (non-hydrogen) atoms. The lowest BCUT2D eigenvalue weighted by molar-refractivity contribution is 0.0690. The molecule has 1 aromatic rings. The molecule has 5 heteroatoms. The molecule has 2 rings (SSSR count). The first-order valence-corrected chi connectivity index (χ1v) is 5.57. The van der Waals surface area contributed by atoms with Gasteiger partial charge < -0.3 is 10.0 Å². The van der Waals surface area contributed by atoms with E-state index in [1.165, 1.54) is 6.07 Å². The molecule has 0 spiro atoms. The molecule has 0 aromatic carbocycles. The van der Waals surface area contributed by atoms with Crippen LogP contribution in [0.4, 0.5) is 0 Å². The Morgan fingerprint density at radius 1 is 1.41 bits per heavy atom. The highest BCUT2D eigenvalue weighted by Crippen LogP contribution is 2.17. The van der Waals surface area contributed by atoms with E-state index in [0.717, 1.165) is 19.5 Å². The molecule has 1 aliphatic rings. The topological polar surface area (TPSA) is 70.5 Å². The van der Waals surface area contributed by atoms with Crippen LogP contribution in [0.3, 0.4) is 0 Å². The van der Waals surface area contributed by atoms with E-state index in [9.17, 15) is 9.59 Å². The zero-order chi connectivity index (χ0) is 12.4.